The molecule has 0 spiro atoms. The number of alkyl carbamates (subject to hydrolysis) is 1. The Hall–Kier alpha value is -3.43. The highest BCUT2D eigenvalue weighted by molar-refractivity contribution is 5.79. The van der Waals surface area contributed by atoms with Crippen molar-refractivity contribution in [2.45, 2.75) is 31.8 Å². The van der Waals surface area contributed by atoms with Gasteiger partial charge in [-0.2, -0.15) is 0 Å². The smallest absolute Gasteiger partial charge is 0.407 e. The van der Waals surface area contributed by atoms with E-state index in [2.05, 4.69) is 34.9 Å². The minimum Gasteiger partial charge on any atom is -0.481 e. The van der Waals surface area contributed by atoms with Crippen molar-refractivity contribution in [2.75, 3.05) is 39.5 Å². The van der Waals surface area contributed by atoms with Crippen LogP contribution in [0.3, 0.4) is 0 Å². The number of aliphatic carboxylic acids is 1. The quantitative estimate of drug-likeness (QED) is 0.352. The van der Waals surface area contributed by atoms with Crippen LogP contribution in [0.15, 0.2) is 48.5 Å². The van der Waals surface area contributed by atoms with Crippen LogP contribution in [0, 0.1) is 0 Å². The van der Waals surface area contributed by atoms with Crippen LogP contribution in [-0.4, -0.2) is 68.7 Å². The molecule has 2 aromatic rings. The molecule has 2 amide bonds. The van der Waals surface area contributed by atoms with Crippen molar-refractivity contribution in [3.05, 3.63) is 59.7 Å². The number of benzene rings is 2. The summed E-state index contributed by atoms with van der Waals surface area (Å²) in [5.41, 5.74) is 4.59. The van der Waals surface area contributed by atoms with Crippen LogP contribution in [0.1, 0.15) is 36.8 Å². The zero-order valence-electron chi connectivity index (χ0n) is 19.8. The van der Waals surface area contributed by atoms with Gasteiger partial charge in [0.2, 0.25) is 5.91 Å². The van der Waals surface area contributed by atoms with Gasteiger partial charge < -0.3 is 30.0 Å². The van der Waals surface area contributed by atoms with Gasteiger partial charge in [0.15, 0.2) is 0 Å². The molecule has 0 fully saturated rings. The minimum absolute atomic E-state index is 0.0284. The molecule has 1 unspecified atom stereocenters. The van der Waals surface area contributed by atoms with Crippen LogP contribution in [-0.2, 0) is 23.8 Å². The van der Waals surface area contributed by atoms with Gasteiger partial charge in [-0.25, -0.2) is 4.79 Å². The fourth-order valence-corrected chi connectivity index (χ4v) is 4.08. The van der Waals surface area contributed by atoms with Gasteiger partial charge >= 0.3 is 12.1 Å². The van der Waals surface area contributed by atoms with Crippen molar-refractivity contribution in [3.8, 4) is 11.1 Å². The Kier molecular flexibility index (Phi) is 10.1. The maximum atomic E-state index is 12.4. The first-order valence-corrected chi connectivity index (χ1v) is 11.8. The summed E-state index contributed by atoms with van der Waals surface area (Å²) in [6.07, 6.45) is -1.09. The number of carboxylic acids is 1. The van der Waals surface area contributed by atoms with Crippen LogP contribution in [0.5, 0.6) is 0 Å². The Labute approximate surface area is 204 Å². The highest BCUT2D eigenvalue weighted by atomic mass is 16.5. The zero-order chi connectivity index (χ0) is 25.0. The zero-order valence-corrected chi connectivity index (χ0v) is 19.8. The Balaban J connectivity index is 1.41. The predicted molar refractivity (Wildman–Crippen MR) is 129 cm³/mol. The molecular weight excluding hydrogens is 452 g/mol. The lowest BCUT2D eigenvalue weighted by Gasteiger charge is -2.18. The summed E-state index contributed by atoms with van der Waals surface area (Å²) >= 11 is 0. The molecule has 9 heteroatoms. The number of fused-ring (bicyclic) bond motifs is 3. The molecular formula is C26H32N2O7. The second-order valence-corrected chi connectivity index (χ2v) is 8.09. The van der Waals surface area contributed by atoms with Crippen LogP contribution >= 0.6 is 0 Å². The van der Waals surface area contributed by atoms with E-state index in [1.54, 1.807) is 0 Å². The molecule has 0 bridgehead atoms. The number of carboxylic acid groups (broad SMARTS) is 1. The normalized spacial score (nSPS) is 12.9. The molecule has 9 nitrogen and oxygen atoms in total. The SMILES string of the molecule is CCOC(CNC(=O)OCC1c2ccccc2-c2ccccc21)CC(=O)NCCOCCC(=O)O. The Bertz CT molecular complexity index is 965. The van der Waals surface area contributed by atoms with Crippen LogP contribution in [0.4, 0.5) is 4.79 Å². The molecule has 2 aromatic carbocycles. The van der Waals surface area contributed by atoms with Gasteiger partial charge in [0.1, 0.15) is 6.61 Å². The van der Waals surface area contributed by atoms with Gasteiger partial charge in [0.05, 0.1) is 32.2 Å². The summed E-state index contributed by atoms with van der Waals surface area (Å²) < 4.78 is 16.2. The second-order valence-electron chi connectivity index (χ2n) is 8.09. The van der Waals surface area contributed by atoms with Crippen molar-refractivity contribution in [1.82, 2.24) is 10.6 Å². The number of nitrogens with one attached hydrogen (secondary N) is 2. The summed E-state index contributed by atoms with van der Waals surface area (Å²) in [7, 11) is 0. The molecule has 0 heterocycles. The molecule has 3 rings (SSSR count). The van der Waals surface area contributed by atoms with E-state index >= 15 is 0 Å². The number of hydrogen-bond acceptors (Lipinski definition) is 6. The van der Waals surface area contributed by atoms with Crippen molar-refractivity contribution >= 4 is 18.0 Å². The molecule has 188 valence electrons. The fraction of sp³-hybridized carbons (Fsp3) is 0.423. The van der Waals surface area contributed by atoms with E-state index < -0.39 is 18.2 Å². The third-order valence-corrected chi connectivity index (χ3v) is 5.66. The Morgan fingerprint density at radius 2 is 1.63 bits per heavy atom. The minimum atomic E-state index is -0.933. The van der Waals surface area contributed by atoms with Crippen molar-refractivity contribution in [1.29, 1.82) is 0 Å². The first kappa shape index (κ1) is 26.2. The maximum absolute atomic E-state index is 12.4. The number of amides is 2. The van der Waals surface area contributed by atoms with Gasteiger partial charge in [0.25, 0.3) is 0 Å². The van der Waals surface area contributed by atoms with Gasteiger partial charge in [-0.1, -0.05) is 48.5 Å². The number of rotatable bonds is 14. The van der Waals surface area contributed by atoms with Crippen LogP contribution in [0.25, 0.3) is 11.1 Å². The van der Waals surface area contributed by atoms with E-state index in [1.807, 2.05) is 31.2 Å². The van der Waals surface area contributed by atoms with Gasteiger partial charge in [-0.3, -0.25) is 9.59 Å². The van der Waals surface area contributed by atoms with Crippen molar-refractivity contribution < 1.29 is 33.7 Å². The molecule has 0 saturated carbocycles. The highest BCUT2D eigenvalue weighted by Gasteiger charge is 2.29. The van der Waals surface area contributed by atoms with E-state index in [9.17, 15) is 14.4 Å². The number of hydrogen-bond donors (Lipinski definition) is 3. The monoisotopic (exact) mass is 484 g/mol. The molecule has 35 heavy (non-hydrogen) atoms. The lowest BCUT2D eigenvalue weighted by molar-refractivity contribution is -0.138. The average molecular weight is 485 g/mol. The number of carbonyl (C=O) groups is 3. The molecule has 1 aliphatic carbocycles. The average Bonchev–Trinajstić information content (AvgIpc) is 3.17. The molecule has 0 saturated heterocycles. The lowest BCUT2D eigenvalue weighted by Crippen LogP contribution is -2.38. The van der Waals surface area contributed by atoms with Gasteiger partial charge in [-0.05, 0) is 29.2 Å². The number of carbonyl (C=O) groups excluding carboxylic acids is 2. The summed E-state index contributed by atoms with van der Waals surface area (Å²) in [5, 5.41) is 13.9. The Morgan fingerprint density at radius 1 is 0.971 bits per heavy atom. The van der Waals surface area contributed by atoms with Gasteiger partial charge in [-0.15, -0.1) is 0 Å². The molecule has 1 aliphatic rings. The summed E-state index contributed by atoms with van der Waals surface area (Å²) in [5.74, 6) is -1.21. The van der Waals surface area contributed by atoms with E-state index in [0.29, 0.717) is 6.61 Å². The molecule has 0 radical (unpaired) electrons. The first-order valence-electron chi connectivity index (χ1n) is 11.8. The van der Waals surface area contributed by atoms with Crippen LogP contribution < -0.4 is 10.6 Å². The number of ether oxygens (including phenoxy) is 3. The third kappa shape index (κ3) is 7.80. The highest BCUT2D eigenvalue weighted by Crippen LogP contribution is 2.44. The maximum Gasteiger partial charge on any atom is 0.407 e. The Morgan fingerprint density at radius 3 is 2.26 bits per heavy atom. The van der Waals surface area contributed by atoms with Gasteiger partial charge in [0, 0.05) is 25.6 Å². The van der Waals surface area contributed by atoms with Crippen LogP contribution in [0.2, 0.25) is 0 Å². The first-order chi connectivity index (χ1) is 17.0. The summed E-state index contributed by atoms with van der Waals surface area (Å²) in [6, 6.07) is 16.2. The summed E-state index contributed by atoms with van der Waals surface area (Å²) in [6.45, 7) is 3.12. The van der Waals surface area contributed by atoms with E-state index in [4.69, 9.17) is 19.3 Å². The third-order valence-electron chi connectivity index (χ3n) is 5.66. The van der Waals surface area contributed by atoms with E-state index in [0.717, 1.165) is 22.3 Å². The molecule has 0 aromatic heterocycles. The summed E-state index contributed by atoms with van der Waals surface area (Å²) in [4.78, 5) is 35.0. The molecule has 1 atom stereocenters. The van der Waals surface area contributed by atoms with Crippen molar-refractivity contribution in [3.63, 3.8) is 0 Å². The molecule has 0 aliphatic heterocycles. The second kappa shape index (κ2) is 13.5. The van der Waals surface area contributed by atoms with E-state index in [1.165, 1.54) is 0 Å². The predicted octanol–water partition coefficient (Wildman–Crippen LogP) is 2.93. The van der Waals surface area contributed by atoms with Crippen molar-refractivity contribution in [2.24, 2.45) is 0 Å². The topological polar surface area (TPSA) is 123 Å². The standard InChI is InChI=1S/C26H32N2O7/c1-2-34-18(15-24(29)27-12-14-33-13-11-25(30)31)16-28-26(32)35-17-23-21-9-5-3-7-19(21)20-8-4-6-10-22(20)23/h3-10,18,23H,2,11-17H2,1H3,(H,27,29)(H,28,32)(H,30,31). The molecule has 3 N–H and O–H groups in total. The van der Waals surface area contributed by atoms with E-state index in [-0.39, 0.29) is 57.6 Å². The lowest BCUT2D eigenvalue weighted by atomic mass is 9.98. The fourth-order valence-electron chi connectivity index (χ4n) is 4.08. The largest absolute Gasteiger partial charge is 0.481 e.